The highest BCUT2D eigenvalue weighted by Crippen LogP contribution is 2.23. The summed E-state index contributed by atoms with van der Waals surface area (Å²) in [6, 6.07) is 8.91. The minimum atomic E-state index is -0.171. The molecule has 4 rings (SSSR count). The van der Waals surface area contributed by atoms with Crippen molar-refractivity contribution in [2.45, 2.75) is 12.8 Å². The lowest BCUT2D eigenvalue weighted by Crippen LogP contribution is -2.38. The molecule has 1 amide bonds. The van der Waals surface area contributed by atoms with Crippen molar-refractivity contribution in [1.29, 1.82) is 0 Å². The summed E-state index contributed by atoms with van der Waals surface area (Å²) in [7, 11) is 0. The number of H-pyrrole nitrogens is 2. The molecule has 1 fully saturated rings. The molecule has 0 bridgehead atoms. The van der Waals surface area contributed by atoms with Crippen LogP contribution in [0.4, 0.5) is 11.5 Å². The van der Waals surface area contributed by atoms with Gasteiger partial charge in [0.05, 0.1) is 11.9 Å². The second-order valence-corrected chi connectivity index (χ2v) is 6.56. The Labute approximate surface area is 155 Å². The van der Waals surface area contributed by atoms with Gasteiger partial charge in [-0.15, -0.1) is 0 Å². The smallest absolute Gasteiger partial charge is 0.264 e. The largest absolute Gasteiger partial charge is 0.355 e. The number of piperidine rings is 1. The highest BCUT2D eigenvalue weighted by atomic mass is 16.2. The number of anilines is 2. The molecule has 8 heteroatoms. The van der Waals surface area contributed by atoms with E-state index in [2.05, 4.69) is 30.4 Å². The molecule has 0 aliphatic carbocycles. The molecule has 27 heavy (non-hydrogen) atoms. The standard InChI is InChI=1S/C19H20N6O2/c26-18-11-16(23-24-18)13-1-3-15(4-2-13)22-19(27)14-5-9-25(10-6-14)17-12-20-7-8-21-17/h1-4,7-8,11-12,14H,5-6,9-10H2,(H,22,27)(H2,23,24,26). The molecule has 1 aromatic carbocycles. The summed E-state index contributed by atoms with van der Waals surface area (Å²) in [5.74, 6) is 0.880. The van der Waals surface area contributed by atoms with Gasteiger partial charge in [-0.25, -0.2) is 4.98 Å². The number of amides is 1. The van der Waals surface area contributed by atoms with E-state index in [1.807, 2.05) is 24.3 Å². The van der Waals surface area contributed by atoms with Gasteiger partial charge < -0.3 is 10.2 Å². The fraction of sp³-hybridized carbons (Fsp3) is 0.263. The van der Waals surface area contributed by atoms with Crippen LogP contribution in [0.1, 0.15) is 12.8 Å². The molecular formula is C19H20N6O2. The number of nitrogens with zero attached hydrogens (tertiary/aromatic N) is 3. The van der Waals surface area contributed by atoms with Gasteiger partial charge in [0.2, 0.25) is 5.91 Å². The molecule has 0 spiro atoms. The Kier molecular flexibility index (Phi) is 4.69. The van der Waals surface area contributed by atoms with Crippen molar-refractivity contribution in [1.82, 2.24) is 20.2 Å². The van der Waals surface area contributed by atoms with Gasteiger partial charge in [-0.3, -0.25) is 24.8 Å². The summed E-state index contributed by atoms with van der Waals surface area (Å²) in [5.41, 5.74) is 2.17. The number of aromatic amines is 2. The highest BCUT2D eigenvalue weighted by Gasteiger charge is 2.25. The molecule has 1 aliphatic heterocycles. The van der Waals surface area contributed by atoms with E-state index in [0.29, 0.717) is 5.69 Å². The van der Waals surface area contributed by atoms with Gasteiger partial charge >= 0.3 is 0 Å². The lowest BCUT2D eigenvalue weighted by Gasteiger charge is -2.31. The van der Waals surface area contributed by atoms with Crippen LogP contribution >= 0.6 is 0 Å². The highest BCUT2D eigenvalue weighted by molar-refractivity contribution is 5.93. The van der Waals surface area contributed by atoms with Crippen LogP contribution in [-0.2, 0) is 4.79 Å². The second kappa shape index (κ2) is 7.45. The third-order valence-electron chi connectivity index (χ3n) is 4.80. The van der Waals surface area contributed by atoms with Crippen molar-refractivity contribution in [3.63, 3.8) is 0 Å². The molecule has 0 unspecified atom stereocenters. The molecule has 3 N–H and O–H groups in total. The van der Waals surface area contributed by atoms with Crippen LogP contribution in [0.15, 0.2) is 53.7 Å². The van der Waals surface area contributed by atoms with E-state index in [9.17, 15) is 9.59 Å². The van der Waals surface area contributed by atoms with Gasteiger partial charge in [-0.2, -0.15) is 0 Å². The van der Waals surface area contributed by atoms with E-state index in [-0.39, 0.29) is 17.4 Å². The van der Waals surface area contributed by atoms with Crippen molar-refractivity contribution >= 4 is 17.4 Å². The zero-order valence-electron chi connectivity index (χ0n) is 14.7. The minimum absolute atomic E-state index is 0.0152. The fourth-order valence-electron chi connectivity index (χ4n) is 3.29. The second-order valence-electron chi connectivity index (χ2n) is 6.56. The normalized spacial score (nSPS) is 14.9. The van der Waals surface area contributed by atoms with Crippen molar-refractivity contribution in [3.8, 4) is 11.3 Å². The van der Waals surface area contributed by atoms with Crippen LogP contribution in [0.2, 0.25) is 0 Å². The summed E-state index contributed by atoms with van der Waals surface area (Å²) < 4.78 is 0. The molecule has 8 nitrogen and oxygen atoms in total. The first-order valence-electron chi connectivity index (χ1n) is 8.89. The number of carbonyl (C=O) groups is 1. The number of benzene rings is 1. The molecule has 0 saturated carbocycles. The molecule has 0 radical (unpaired) electrons. The molecule has 138 valence electrons. The maximum Gasteiger partial charge on any atom is 0.264 e. The topological polar surface area (TPSA) is 107 Å². The molecule has 2 aromatic heterocycles. The first-order chi connectivity index (χ1) is 13.2. The third-order valence-corrected chi connectivity index (χ3v) is 4.80. The fourth-order valence-corrected chi connectivity index (χ4v) is 3.29. The van der Waals surface area contributed by atoms with E-state index >= 15 is 0 Å². The van der Waals surface area contributed by atoms with Crippen LogP contribution in [0.25, 0.3) is 11.3 Å². The van der Waals surface area contributed by atoms with Crippen molar-refractivity contribution in [2.24, 2.45) is 5.92 Å². The summed E-state index contributed by atoms with van der Waals surface area (Å²) in [6.45, 7) is 1.58. The monoisotopic (exact) mass is 364 g/mol. The third kappa shape index (κ3) is 3.89. The predicted molar refractivity (Wildman–Crippen MR) is 102 cm³/mol. The van der Waals surface area contributed by atoms with Crippen LogP contribution in [0.3, 0.4) is 0 Å². The van der Waals surface area contributed by atoms with Gasteiger partial charge in [0.15, 0.2) is 0 Å². The number of hydrogen-bond donors (Lipinski definition) is 3. The first kappa shape index (κ1) is 17.0. The van der Waals surface area contributed by atoms with E-state index < -0.39 is 0 Å². The molecule has 1 aliphatic rings. The van der Waals surface area contributed by atoms with Crippen LogP contribution in [0, 0.1) is 5.92 Å². The number of carbonyl (C=O) groups excluding carboxylic acids is 1. The average molecular weight is 364 g/mol. The van der Waals surface area contributed by atoms with Gasteiger partial charge in [0.1, 0.15) is 5.82 Å². The van der Waals surface area contributed by atoms with Gasteiger partial charge in [-0.05, 0) is 30.5 Å². The quantitative estimate of drug-likeness (QED) is 0.657. The Bertz CT molecular complexity index is 956. The molecular weight excluding hydrogens is 344 g/mol. The predicted octanol–water partition coefficient (Wildman–Crippen LogP) is 2.02. The maximum absolute atomic E-state index is 12.6. The van der Waals surface area contributed by atoms with Crippen molar-refractivity contribution < 1.29 is 4.79 Å². The Hall–Kier alpha value is -3.42. The van der Waals surface area contributed by atoms with Crippen LogP contribution in [0.5, 0.6) is 0 Å². The Balaban J connectivity index is 1.34. The summed E-state index contributed by atoms with van der Waals surface area (Å²) >= 11 is 0. The zero-order valence-corrected chi connectivity index (χ0v) is 14.7. The molecule has 3 heterocycles. The summed E-state index contributed by atoms with van der Waals surface area (Å²) in [5, 5.41) is 8.31. The number of rotatable bonds is 4. The Morgan fingerprint density at radius 1 is 1.11 bits per heavy atom. The maximum atomic E-state index is 12.6. The summed E-state index contributed by atoms with van der Waals surface area (Å²) in [4.78, 5) is 34.3. The number of nitrogens with one attached hydrogen (secondary N) is 3. The lowest BCUT2D eigenvalue weighted by atomic mass is 9.96. The van der Waals surface area contributed by atoms with Crippen molar-refractivity contribution in [2.75, 3.05) is 23.3 Å². The van der Waals surface area contributed by atoms with Gasteiger partial charge in [0.25, 0.3) is 5.56 Å². The molecule has 3 aromatic rings. The molecule has 0 atom stereocenters. The minimum Gasteiger partial charge on any atom is -0.355 e. The van der Waals surface area contributed by atoms with E-state index in [1.165, 1.54) is 6.07 Å². The number of aromatic nitrogens is 4. The first-order valence-corrected chi connectivity index (χ1v) is 8.89. The van der Waals surface area contributed by atoms with E-state index in [4.69, 9.17) is 0 Å². The van der Waals surface area contributed by atoms with Gasteiger partial charge in [0, 0.05) is 43.2 Å². The molecule has 1 saturated heterocycles. The zero-order chi connectivity index (χ0) is 18.6. The van der Waals surface area contributed by atoms with Crippen LogP contribution in [-0.4, -0.2) is 39.2 Å². The Morgan fingerprint density at radius 3 is 2.52 bits per heavy atom. The van der Waals surface area contributed by atoms with E-state index in [0.717, 1.165) is 43.0 Å². The van der Waals surface area contributed by atoms with E-state index in [1.54, 1.807) is 18.6 Å². The van der Waals surface area contributed by atoms with Crippen molar-refractivity contribution in [3.05, 3.63) is 59.3 Å². The van der Waals surface area contributed by atoms with Gasteiger partial charge in [-0.1, -0.05) is 12.1 Å². The Morgan fingerprint density at radius 2 is 1.89 bits per heavy atom. The number of hydrogen-bond acceptors (Lipinski definition) is 5. The van der Waals surface area contributed by atoms with Crippen LogP contribution < -0.4 is 15.8 Å². The SMILES string of the molecule is O=C(Nc1ccc(-c2cc(=O)[nH][nH]2)cc1)C1CCN(c2cnccn2)CC1. The average Bonchev–Trinajstić information content (AvgIpc) is 3.16. The summed E-state index contributed by atoms with van der Waals surface area (Å²) in [6.07, 6.45) is 6.65. The lowest BCUT2D eigenvalue weighted by molar-refractivity contribution is -0.120.